The molecule has 0 atom stereocenters. The standard InChI is InChI=1S/C6H7N5.HI/c1-11-3-10-6-4(11)5(7)8-2-9-6;/h2-3H,1H3,(H2,7,8,9);1H. The molecule has 0 aromatic carbocycles. The van der Waals surface area contributed by atoms with Gasteiger partial charge in [-0.1, -0.05) is 0 Å². The van der Waals surface area contributed by atoms with Gasteiger partial charge < -0.3 is 10.3 Å². The molecular weight excluding hydrogens is 269 g/mol. The Morgan fingerprint density at radius 3 is 2.75 bits per heavy atom. The third-order valence-corrected chi connectivity index (χ3v) is 1.54. The Bertz CT molecular complexity index is 396. The van der Waals surface area contributed by atoms with Crippen LogP contribution < -0.4 is 5.73 Å². The van der Waals surface area contributed by atoms with Crippen molar-refractivity contribution in [3.05, 3.63) is 12.7 Å². The van der Waals surface area contributed by atoms with E-state index in [-0.39, 0.29) is 24.0 Å². The summed E-state index contributed by atoms with van der Waals surface area (Å²) in [6.45, 7) is 0. The molecule has 0 radical (unpaired) electrons. The monoisotopic (exact) mass is 277 g/mol. The first kappa shape index (κ1) is 9.17. The second kappa shape index (κ2) is 3.21. The molecule has 0 aliphatic carbocycles. The van der Waals surface area contributed by atoms with E-state index in [0.29, 0.717) is 11.5 Å². The number of hydrogen-bond donors (Lipinski definition) is 1. The van der Waals surface area contributed by atoms with Crippen molar-refractivity contribution in [1.29, 1.82) is 0 Å². The van der Waals surface area contributed by atoms with Gasteiger partial charge in [-0.2, -0.15) is 0 Å². The van der Waals surface area contributed by atoms with Crippen LogP contribution in [0.2, 0.25) is 0 Å². The minimum absolute atomic E-state index is 0. The Balaban J connectivity index is 0.000000720. The van der Waals surface area contributed by atoms with Crippen molar-refractivity contribution < 1.29 is 0 Å². The lowest BCUT2D eigenvalue weighted by Gasteiger charge is -1.95. The highest BCUT2D eigenvalue weighted by atomic mass is 127. The molecule has 5 nitrogen and oxygen atoms in total. The van der Waals surface area contributed by atoms with Crippen LogP contribution >= 0.6 is 24.0 Å². The molecule has 12 heavy (non-hydrogen) atoms. The van der Waals surface area contributed by atoms with Gasteiger partial charge in [0.1, 0.15) is 11.8 Å². The van der Waals surface area contributed by atoms with Crippen molar-refractivity contribution in [2.24, 2.45) is 7.05 Å². The van der Waals surface area contributed by atoms with Gasteiger partial charge in [-0.15, -0.1) is 24.0 Å². The quantitative estimate of drug-likeness (QED) is 0.714. The van der Waals surface area contributed by atoms with E-state index in [4.69, 9.17) is 5.73 Å². The lowest BCUT2D eigenvalue weighted by molar-refractivity contribution is 0.946. The van der Waals surface area contributed by atoms with E-state index in [1.165, 1.54) is 6.33 Å². The van der Waals surface area contributed by atoms with Crippen molar-refractivity contribution in [2.75, 3.05) is 5.73 Å². The van der Waals surface area contributed by atoms with Crippen LogP contribution in [-0.2, 0) is 7.05 Å². The van der Waals surface area contributed by atoms with Crippen molar-refractivity contribution >= 4 is 41.0 Å². The Morgan fingerprint density at radius 2 is 2.08 bits per heavy atom. The van der Waals surface area contributed by atoms with Gasteiger partial charge in [-0.3, -0.25) is 0 Å². The number of aromatic nitrogens is 4. The number of nitrogen functional groups attached to an aromatic ring is 1. The zero-order valence-electron chi connectivity index (χ0n) is 6.43. The fourth-order valence-corrected chi connectivity index (χ4v) is 1.01. The SMILES string of the molecule is Cn1cnc2ncnc(N)c21.I. The molecule has 0 amide bonds. The minimum atomic E-state index is 0. The molecule has 2 N–H and O–H groups in total. The van der Waals surface area contributed by atoms with Gasteiger partial charge in [-0.25, -0.2) is 15.0 Å². The largest absolute Gasteiger partial charge is 0.382 e. The maximum absolute atomic E-state index is 5.59. The van der Waals surface area contributed by atoms with Gasteiger partial charge in [0.15, 0.2) is 11.5 Å². The number of imidazole rings is 1. The molecular formula is C6H8IN5. The number of fused-ring (bicyclic) bond motifs is 1. The predicted octanol–water partition coefficient (Wildman–Crippen LogP) is 0.563. The average Bonchev–Trinajstić information content (AvgIpc) is 2.34. The number of anilines is 1. The summed E-state index contributed by atoms with van der Waals surface area (Å²) in [5.74, 6) is 0.468. The lowest BCUT2D eigenvalue weighted by atomic mass is 10.5. The van der Waals surface area contributed by atoms with E-state index in [9.17, 15) is 0 Å². The van der Waals surface area contributed by atoms with Crippen LogP contribution in [0, 0.1) is 0 Å². The maximum atomic E-state index is 5.59. The molecule has 2 rings (SSSR count). The highest BCUT2D eigenvalue weighted by Gasteiger charge is 2.03. The predicted molar refractivity (Wildman–Crippen MR) is 56.1 cm³/mol. The summed E-state index contributed by atoms with van der Waals surface area (Å²) in [5.41, 5.74) is 7.01. The molecule has 0 unspecified atom stereocenters. The van der Waals surface area contributed by atoms with Gasteiger partial charge in [0.2, 0.25) is 0 Å². The molecule has 2 aromatic heterocycles. The van der Waals surface area contributed by atoms with Crippen molar-refractivity contribution in [2.45, 2.75) is 0 Å². The Labute approximate surface area is 86.0 Å². The van der Waals surface area contributed by atoms with E-state index in [2.05, 4.69) is 15.0 Å². The number of nitrogens with two attached hydrogens (primary N) is 1. The molecule has 0 fully saturated rings. The summed E-state index contributed by atoms with van der Waals surface area (Å²) in [4.78, 5) is 11.8. The van der Waals surface area contributed by atoms with Gasteiger partial charge in [0, 0.05) is 7.05 Å². The van der Waals surface area contributed by atoms with Crippen molar-refractivity contribution in [1.82, 2.24) is 19.5 Å². The third kappa shape index (κ3) is 1.22. The number of nitrogens with zero attached hydrogens (tertiary/aromatic N) is 4. The van der Waals surface area contributed by atoms with Gasteiger partial charge in [0.25, 0.3) is 0 Å². The molecule has 0 aliphatic heterocycles. The maximum Gasteiger partial charge on any atom is 0.182 e. The van der Waals surface area contributed by atoms with Gasteiger partial charge >= 0.3 is 0 Å². The van der Waals surface area contributed by atoms with Crippen LogP contribution in [0.1, 0.15) is 0 Å². The smallest absolute Gasteiger partial charge is 0.182 e. The van der Waals surface area contributed by atoms with Crippen LogP contribution in [0.4, 0.5) is 5.82 Å². The van der Waals surface area contributed by atoms with Crippen LogP contribution in [0.5, 0.6) is 0 Å². The second-order valence-electron chi connectivity index (χ2n) is 2.29. The summed E-state index contributed by atoms with van der Waals surface area (Å²) in [7, 11) is 1.86. The fraction of sp³-hybridized carbons (Fsp3) is 0.167. The van der Waals surface area contributed by atoms with E-state index in [0.717, 1.165) is 5.52 Å². The van der Waals surface area contributed by atoms with Crippen LogP contribution in [0.15, 0.2) is 12.7 Å². The van der Waals surface area contributed by atoms with Gasteiger partial charge in [0.05, 0.1) is 6.33 Å². The molecule has 0 saturated carbocycles. The normalized spacial score (nSPS) is 9.75. The number of halogens is 1. The summed E-state index contributed by atoms with van der Waals surface area (Å²) in [6, 6.07) is 0. The van der Waals surface area contributed by atoms with Crippen LogP contribution in [0.3, 0.4) is 0 Å². The topological polar surface area (TPSA) is 69.6 Å². The lowest BCUT2D eigenvalue weighted by Crippen LogP contribution is -1.95. The first-order valence-electron chi connectivity index (χ1n) is 3.16. The Morgan fingerprint density at radius 1 is 1.33 bits per heavy atom. The van der Waals surface area contributed by atoms with Crippen molar-refractivity contribution in [3.8, 4) is 0 Å². The molecule has 2 aromatic rings. The zero-order valence-corrected chi connectivity index (χ0v) is 8.76. The summed E-state index contributed by atoms with van der Waals surface area (Å²) in [6.07, 6.45) is 3.07. The van der Waals surface area contributed by atoms with Crippen molar-refractivity contribution in [3.63, 3.8) is 0 Å². The molecule has 0 aliphatic rings. The summed E-state index contributed by atoms with van der Waals surface area (Å²) < 4.78 is 1.80. The summed E-state index contributed by atoms with van der Waals surface area (Å²) >= 11 is 0. The number of aryl methyl sites for hydroxylation is 1. The first-order valence-corrected chi connectivity index (χ1v) is 3.16. The number of rotatable bonds is 0. The van der Waals surface area contributed by atoms with E-state index in [1.807, 2.05) is 7.05 Å². The molecule has 0 spiro atoms. The second-order valence-corrected chi connectivity index (χ2v) is 2.29. The van der Waals surface area contributed by atoms with Gasteiger partial charge in [-0.05, 0) is 0 Å². The fourth-order valence-electron chi connectivity index (χ4n) is 1.01. The molecule has 64 valence electrons. The average molecular weight is 277 g/mol. The molecule has 0 bridgehead atoms. The van der Waals surface area contributed by atoms with E-state index < -0.39 is 0 Å². The summed E-state index contributed by atoms with van der Waals surface area (Å²) in [5, 5.41) is 0. The third-order valence-electron chi connectivity index (χ3n) is 1.54. The highest BCUT2D eigenvalue weighted by molar-refractivity contribution is 14.0. The molecule has 0 saturated heterocycles. The Hall–Kier alpha value is -0.920. The molecule has 2 heterocycles. The van der Waals surface area contributed by atoms with Crippen LogP contribution in [0.25, 0.3) is 11.2 Å². The molecule has 6 heteroatoms. The van der Waals surface area contributed by atoms with E-state index in [1.54, 1.807) is 10.9 Å². The highest BCUT2D eigenvalue weighted by Crippen LogP contribution is 2.12. The Kier molecular flexibility index (Phi) is 2.46. The number of hydrogen-bond acceptors (Lipinski definition) is 4. The van der Waals surface area contributed by atoms with Crippen LogP contribution in [-0.4, -0.2) is 19.5 Å². The minimum Gasteiger partial charge on any atom is -0.382 e. The zero-order chi connectivity index (χ0) is 7.84. The first-order chi connectivity index (χ1) is 5.29. The van der Waals surface area contributed by atoms with E-state index >= 15 is 0 Å².